The lowest BCUT2D eigenvalue weighted by Crippen LogP contribution is -2.27. The lowest BCUT2D eigenvalue weighted by Gasteiger charge is -2.10. The van der Waals surface area contributed by atoms with Gasteiger partial charge < -0.3 is 21.1 Å². The number of carbonyl (C=O) groups excluding carboxylic acids is 1. The molecule has 0 aliphatic carbocycles. The third kappa shape index (κ3) is 5.76. The standard InChI is InChI=1S/C13H20N4O2/c1-9(2)19-11-6-4-10(5-7-11)17-13(14)16-8-12(18)15-3/h4-7,9H,8H2,1-3H3,(H,15,18)(H3,14,16,17). The van der Waals surface area contributed by atoms with E-state index < -0.39 is 0 Å². The van der Waals surface area contributed by atoms with Gasteiger partial charge in [-0.2, -0.15) is 0 Å². The largest absolute Gasteiger partial charge is 0.491 e. The normalized spacial score (nSPS) is 11.3. The summed E-state index contributed by atoms with van der Waals surface area (Å²) in [6, 6.07) is 7.35. The van der Waals surface area contributed by atoms with Crippen molar-refractivity contribution in [2.24, 2.45) is 10.7 Å². The van der Waals surface area contributed by atoms with E-state index in [4.69, 9.17) is 10.5 Å². The van der Waals surface area contributed by atoms with Gasteiger partial charge in [-0.05, 0) is 38.1 Å². The van der Waals surface area contributed by atoms with E-state index >= 15 is 0 Å². The van der Waals surface area contributed by atoms with Crippen molar-refractivity contribution in [3.63, 3.8) is 0 Å². The Balaban J connectivity index is 2.55. The molecule has 0 aliphatic heterocycles. The molecule has 0 saturated heterocycles. The van der Waals surface area contributed by atoms with Crippen LogP contribution in [0.4, 0.5) is 5.69 Å². The molecule has 0 heterocycles. The van der Waals surface area contributed by atoms with E-state index in [0.29, 0.717) is 0 Å². The predicted molar refractivity (Wildman–Crippen MR) is 76.4 cm³/mol. The minimum atomic E-state index is -0.189. The quantitative estimate of drug-likeness (QED) is 0.545. The van der Waals surface area contributed by atoms with Gasteiger partial charge in [0, 0.05) is 12.7 Å². The SMILES string of the molecule is CNC(=O)CN=C(N)Nc1ccc(OC(C)C)cc1. The summed E-state index contributed by atoms with van der Waals surface area (Å²) in [6.45, 7) is 3.94. The second-order valence-electron chi connectivity index (χ2n) is 4.19. The number of aliphatic imine (C=N–C) groups is 1. The Morgan fingerprint density at radius 3 is 2.53 bits per heavy atom. The molecule has 0 spiro atoms. The maximum atomic E-state index is 11.0. The van der Waals surface area contributed by atoms with Gasteiger partial charge in [0.05, 0.1) is 6.10 Å². The highest BCUT2D eigenvalue weighted by atomic mass is 16.5. The van der Waals surface area contributed by atoms with Crippen LogP contribution in [0, 0.1) is 0 Å². The molecule has 6 nitrogen and oxygen atoms in total. The van der Waals surface area contributed by atoms with E-state index in [1.165, 1.54) is 0 Å². The van der Waals surface area contributed by atoms with Crippen LogP contribution in [0.3, 0.4) is 0 Å². The zero-order valence-corrected chi connectivity index (χ0v) is 11.4. The molecular weight excluding hydrogens is 244 g/mol. The molecule has 1 aromatic carbocycles. The number of amides is 1. The highest BCUT2D eigenvalue weighted by molar-refractivity contribution is 5.93. The fourth-order valence-electron chi connectivity index (χ4n) is 1.31. The summed E-state index contributed by atoms with van der Waals surface area (Å²) in [5, 5.41) is 5.36. The molecule has 0 aliphatic rings. The van der Waals surface area contributed by atoms with Crippen molar-refractivity contribution in [1.29, 1.82) is 0 Å². The van der Waals surface area contributed by atoms with E-state index in [-0.39, 0.29) is 24.5 Å². The first-order valence-corrected chi connectivity index (χ1v) is 6.05. The summed E-state index contributed by atoms with van der Waals surface area (Å²) >= 11 is 0. The molecule has 104 valence electrons. The number of guanidine groups is 1. The fraction of sp³-hybridized carbons (Fsp3) is 0.385. The molecule has 6 heteroatoms. The topological polar surface area (TPSA) is 88.7 Å². The molecule has 1 amide bonds. The van der Waals surface area contributed by atoms with Gasteiger partial charge in [-0.15, -0.1) is 0 Å². The second kappa shape index (κ2) is 7.25. The van der Waals surface area contributed by atoms with Crippen molar-refractivity contribution in [2.75, 3.05) is 18.9 Å². The van der Waals surface area contributed by atoms with Gasteiger partial charge in [-0.1, -0.05) is 0 Å². The maximum absolute atomic E-state index is 11.0. The van der Waals surface area contributed by atoms with E-state index in [2.05, 4.69) is 15.6 Å². The van der Waals surface area contributed by atoms with Gasteiger partial charge in [-0.25, -0.2) is 4.99 Å². The number of rotatable bonds is 5. The molecule has 0 atom stereocenters. The minimum absolute atomic E-state index is 0.00385. The summed E-state index contributed by atoms with van der Waals surface area (Å²) < 4.78 is 5.53. The summed E-state index contributed by atoms with van der Waals surface area (Å²) in [6.07, 6.45) is 0.137. The van der Waals surface area contributed by atoms with E-state index in [1.54, 1.807) is 7.05 Å². The van der Waals surface area contributed by atoms with E-state index in [1.807, 2.05) is 38.1 Å². The Kier molecular flexibility index (Phi) is 5.66. The number of hydrogen-bond donors (Lipinski definition) is 3. The van der Waals surface area contributed by atoms with Gasteiger partial charge >= 0.3 is 0 Å². The van der Waals surface area contributed by atoms with Crippen LogP contribution in [0.5, 0.6) is 5.75 Å². The number of nitrogens with two attached hydrogens (primary N) is 1. The third-order valence-corrected chi connectivity index (χ3v) is 2.17. The Bertz CT molecular complexity index is 440. The Morgan fingerprint density at radius 2 is 2.00 bits per heavy atom. The maximum Gasteiger partial charge on any atom is 0.241 e. The zero-order chi connectivity index (χ0) is 14.3. The number of likely N-dealkylation sites (N-methyl/N-ethyl adjacent to an activating group) is 1. The lowest BCUT2D eigenvalue weighted by molar-refractivity contribution is -0.119. The monoisotopic (exact) mass is 264 g/mol. The number of anilines is 1. The highest BCUT2D eigenvalue weighted by Gasteiger charge is 2.00. The van der Waals surface area contributed by atoms with Gasteiger partial charge in [0.15, 0.2) is 5.96 Å². The average molecular weight is 264 g/mol. The first kappa shape index (κ1) is 14.8. The van der Waals surface area contributed by atoms with Crippen molar-refractivity contribution < 1.29 is 9.53 Å². The van der Waals surface area contributed by atoms with Crippen molar-refractivity contribution in [2.45, 2.75) is 20.0 Å². The third-order valence-electron chi connectivity index (χ3n) is 2.17. The number of carbonyl (C=O) groups is 1. The molecule has 0 radical (unpaired) electrons. The van der Waals surface area contributed by atoms with Crippen LogP contribution < -0.4 is 21.1 Å². The fourth-order valence-corrected chi connectivity index (χ4v) is 1.31. The Labute approximate surface area is 113 Å². The summed E-state index contributed by atoms with van der Waals surface area (Å²) in [5.41, 5.74) is 6.44. The molecule has 0 aromatic heterocycles. The predicted octanol–water partition coefficient (Wildman–Crippen LogP) is 0.946. The molecule has 1 aromatic rings. The lowest BCUT2D eigenvalue weighted by atomic mass is 10.3. The van der Waals surface area contributed by atoms with Gasteiger partial charge in [0.1, 0.15) is 12.3 Å². The summed E-state index contributed by atoms with van der Waals surface area (Å²) in [5.74, 6) is 0.799. The van der Waals surface area contributed by atoms with Crippen LogP contribution in [-0.2, 0) is 4.79 Å². The Hall–Kier alpha value is -2.24. The van der Waals surface area contributed by atoms with Crippen molar-refractivity contribution in [1.82, 2.24) is 5.32 Å². The number of nitrogens with one attached hydrogen (secondary N) is 2. The first-order valence-electron chi connectivity index (χ1n) is 6.05. The zero-order valence-electron chi connectivity index (χ0n) is 11.4. The van der Waals surface area contributed by atoms with Crippen LogP contribution in [-0.4, -0.2) is 31.6 Å². The van der Waals surface area contributed by atoms with E-state index in [0.717, 1.165) is 11.4 Å². The minimum Gasteiger partial charge on any atom is -0.491 e. The molecule has 4 N–H and O–H groups in total. The summed E-state index contributed by atoms with van der Waals surface area (Å²) in [4.78, 5) is 14.9. The Morgan fingerprint density at radius 1 is 1.37 bits per heavy atom. The smallest absolute Gasteiger partial charge is 0.241 e. The summed E-state index contributed by atoms with van der Waals surface area (Å²) in [7, 11) is 1.55. The first-order chi connectivity index (χ1) is 9.01. The highest BCUT2D eigenvalue weighted by Crippen LogP contribution is 2.16. The van der Waals surface area contributed by atoms with Gasteiger partial charge in [0.25, 0.3) is 0 Å². The van der Waals surface area contributed by atoms with Crippen molar-refractivity contribution >= 4 is 17.6 Å². The van der Waals surface area contributed by atoms with Crippen LogP contribution in [0.25, 0.3) is 0 Å². The molecule has 19 heavy (non-hydrogen) atoms. The molecule has 0 bridgehead atoms. The van der Waals surface area contributed by atoms with E-state index in [9.17, 15) is 4.79 Å². The van der Waals surface area contributed by atoms with Crippen molar-refractivity contribution in [3.8, 4) is 5.75 Å². The number of nitrogens with zero attached hydrogens (tertiary/aromatic N) is 1. The number of ether oxygens (including phenoxy) is 1. The van der Waals surface area contributed by atoms with Crippen LogP contribution in [0.15, 0.2) is 29.3 Å². The molecule has 0 saturated carbocycles. The molecule has 0 unspecified atom stereocenters. The van der Waals surface area contributed by atoms with Crippen molar-refractivity contribution in [3.05, 3.63) is 24.3 Å². The molecule has 0 fully saturated rings. The van der Waals surface area contributed by atoms with Gasteiger partial charge in [-0.3, -0.25) is 4.79 Å². The van der Waals surface area contributed by atoms with Gasteiger partial charge in [0.2, 0.25) is 5.91 Å². The second-order valence-corrected chi connectivity index (χ2v) is 4.19. The van der Waals surface area contributed by atoms with Crippen LogP contribution >= 0.6 is 0 Å². The average Bonchev–Trinajstić information content (AvgIpc) is 2.37. The van der Waals surface area contributed by atoms with Crippen LogP contribution in [0.1, 0.15) is 13.8 Å². The van der Waals surface area contributed by atoms with Crippen LogP contribution in [0.2, 0.25) is 0 Å². The molecular formula is C13H20N4O2. The molecule has 1 rings (SSSR count). The number of hydrogen-bond acceptors (Lipinski definition) is 3. The number of benzene rings is 1.